The van der Waals surface area contributed by atoms with Crippen molar-refractivity contribution in [3.05, 3.63) is 35.9 Å². The second kappa shape index (κ2) is 5.94. The van der Waals surface area contributed by atoms with Gasteiger partial charge in [-0.1, -0.05) is 43.2 Å². The van der Waals surface area contributed by atoms with Gasteiger partial charge < -0.3 is 15.7 Å². The molecule has 3 N–H and O–H groups in total. The van der Waals surface area contributed by atoms with Crippen LogP contribution in [0.25, 0.3) is 0 Å². The molecular weight excluding hydrogens is 252 g/mol. The molecule has 4 nitrogen and oxygen atoms in total. The summed E-state index contributed by atoms with van der Waals surface area (Å²) in [7, 11) is 1.75. The number of amides is 1. The fourth-order valence-electron chi connectivity index (χ4n) is 2.97. The Morgan fingerprint density at radius 2 is 1.90 bits per heavy atom. The molecule has 4 heteroatoms. The van der Waals surface area contributed by atoms with E-state index in [0.29, 0.717) is 0 Å². The van der Waals surface area contributed by atoms with Crippen LogP contribution < -0.4 is 5.73 Å². The summed E-state index contributed by atoms with van der Waals surface area (Å²) in [6, 6.07) is 9.26. The summed E-state index contributed by atoms with van der Waals surface area (Å²) in [5.41, 5.74) is 5.99. The zero-order valence-corrected chi connectivity index (χ0v) is 12.2. The van der Waals surface area contributed by atoms with Crippen molar-refractivity contribution >= 4 is 5.91 Å². The minimum atomic E-state index is -1.06. The summed E-state index contributed by atoms with van der Waals surface area (Å²) in [6.45, 7) is 1.73. The molecule has 2 rings (SSSR count). The molecule has 1 aromatic rings. The lowest BCUT2D eigenvalue weighted by atomic mass is 9.87. The van der Waals surface area contributed by atoms with E-state index in [4.69, 9.17) is 5.73 Å². The maximum atomic E-state index is 12.7. The lowest BCUT2D eigenvalue weighted by molar-refractivity contribution is -0.141. The van der Waals surface area contributed by atoms with Gasteiger partial charge in [-0.15, -0.1) is 0 Å². The number of carbonyl (C=O) groups is 1. The van der Waals surface area contributed by atoms with Gasteiger partial charge in [0.05, 0.1) is 12.1 Å². The molecule has 0 saturated heterocycles. The maximum absolute atomic E-state index is 12.7. The SMILES string of the molecule is CN(C(=O)C(C)(N)c1ccccc1)C1CCCCC1O. The molecular formula is C16H24N2O2. The van der Waals surface area contributed by atoms with Crippen molar-refractivity contribution < 1.29 is 9.90 Å². The third kappa shape index (κ3) is 2.86. The van der Waals surface area contributed by atoms with Gasteiger partial charge in [-0.05, 0) is 25.3 Å². The van der Waals surface area contributed by atoms with Crippen molar-refractivity contribution in [3.8, 4) is 0 Å². The minimum absolute atomic E-state index is 0.122. The third-order valence-corrected chi connectivity index (χ3v) is 4.33. The highest BCUT2D eigenvalue weighted by molar-refractivity contribution is 5.87. The fourth-order valence-corrected chi connectivity index (χ4v) is 2.97. The molecule has 1 aliphatic rings. The van der Waals surface area contributed by atoms with Crippen LogP contribution in [-0.4, -0.2) is 35.1 Å². The van der Waals surface area contributed by atoms with E-state index in [1.807, 2.05) is 30.3 Å². The van der Waals surface area contributed by atoms with Crippen molar-refractivity contribution in [2.45, 2.75) is 50.3 Å². The van der Waals surface area contributed by atoms with E-state index in [2.05, 4.69) is 0 Å². The van der Waals surface area contributed by atoms with Gasteiger partial charge >= 0.3 is 0 Å². The van der Waals surface area contributed by atoms with Crippen LogP contribution in [-0.2, 0) is 10.3 Å². The molecule has 0 spiro atoms. The Balaban J connectivity index is 2.17. The van der Waals surface area contributed by atoms with Gasteiger partial charge in [0, 0.05) is 7.05 Å². The highest BCUT2D eigenvalue weighted by Crippen LogP contribution is 2.26. The number of aliphatic hydroxyl groups is 1. The first-order valence-corrected chi connectivity index (χ1v) is 7.24. The average molecular weight is 276 g/mol. The predicted molar refractivity (Wildman–Crippen MR) is 79.0 cm³/mol. The monoisotopic (exact) mass is 276 g/mol. The number of nitrogens with zero attached hydrogens (tertiary/aromatic N) is 1. The zero-order valence-electron chi connectivity index (χ0n) is 12.2. The fraction of sp³-hybridized carbons (Fsp3) is 0.562. The number of benzene rings is 1. The second-order valence-electron chi connectivity index (χ2n) is 5.90. The Hall–Kier alpha value is -1.39. The Labute approximate surface area is 120 Å². The molecule has 0 bridgehead atoms. The van der Waals surface area contributed by atoms with Crippen LogP contribution in [0, 0.1) is 0 Å². The van der Waals surface area contributed by atoms with Crippen LogP contribution in [0.4, 0.5) is 0 Å². The Kier molecular flexibility index (Phi) is 4.45. The third-order valence-electron chi connectivity index (χ3n) is 4.33. The summed E-state index contributed by atoms with van der Waals surface area (Å²) in [5.74, 6) is -0.144. The molecule has 0 aliphatic heterocycles. The lowest BCUT2D eigenvalue weighted by Gasteiger charge is -2.39. The zero-order chi connectivity index (χ0) is 14.8. The standard InChI is InChI=1S/C16H24N2O2/c1-16(17,12-8-4-3-5-9-12)15(20)18(2)13-10-6-7-11-14(13)19/h3-5,8-9,13-14,19H,6-7,10-11,17H2,1-2H3. The molecule has 0 aromatic heterocycles. The average Bonchev–Trinajstić information content (AvgIpc) is 2.47. The van der Waals surface area contributed by atoms with Crippen LogP contribution in [0.15, 0.2) is 30.3 Å². The number of likely N-dealkylation sites (N-methyl/N-ethyl adjacent to an activating group) is 1. The molecule has 0 heterocycles. The molecule has 1 fully saturated rings. The van der Waals surface area contributed by atoms with Gasteiger partial charge in [0.25, 0.3) is 0 Å². The Bertz CT molecular complexity index is 459. The molecule has 20 heavy (non-hydrogen) atoms. The van der Waals surface area contributed by atoms with Crippen LogP contribution in [0.5, 0.6) is 0 Å². The largest absolute Gasteiger partial charge is 0.391 e. The first kappa shape index (κ1) is 15.0. The van der Waals surface area contributed by atoms with Crippen LogP contribution in [0.1, 0.15) is 38.2 Å². The van der Waals surface area contributed by atoms with E-state index in [1.165, 1.54) is 0 Å². The molecule has 1 aromatic carbocycles. The van der Waals surface area contributed by atoms with Crippen LogP contribution in [0.2, 0.25) is 0 Å². The van der Waals surface area contributed by atoms with E-state index in [1.54, 1.807) is 18.9 Å². The van der Waals surface area contributed by atoms with Gasteiger partial charge in [-0.3, -0.25) is 4.79 Å². The Morgan fingerprint density at radius 3 is 2.50 bits per heavy atom. The molecule has 110 valence electrons. The van der Waals surface area contributed by atoms with Gasteiger partial charge in [0.2, 0.25) is 5.91 Å². The van der Waals surface area contributed by atoms with E-state index < -0.39 is 11.6 Å². The van der Waals surface area contributed by atoms with Crippen molar-refractivity contribution in [2.24, 2.45) is 5.73 Å². The van der Waals surface area contributed by atoms with Gasteiger partial charge in [-0.2, -0.15) is 0 Å². The lowest BCUT2D eigenvalue weighted by Crippen LogP contribution is -2.55. The predicted octanol–water partition coefficient (Wildman–Crippen LogP) is 1.62. The number of rotatable bonds is 3. The molecule has 1 amide bonds. The number of nitrogens with two attached hydrogens (primary N) is 1. The van der Waals surface area contributed by atoms with E-state index in [9.17, 15) is 9.90 Å². The Morgan fingerprint density at radius 1 is 1.30 bits per heavy atom. The van der Waals surface area contributed by atoms with E-state index >= 15 is 0 Å². The van der Waals surface area contributed by atoms with Crippen molar-refractivity contribution in [3.63, 3.8) is 0 Å². The highest BCUT2D eigenvalue weighted by Gasteiger charge is 2.38. The van der Waals surface area contributed by atoms with Gasteiger partial charge in [0.15, 0.2) is 0 Å². The maximum Gasteiger partial charge on any atom is 0.247 e. The topological polar surface area (TPSA) is 66.6 Å². The number of hydrogen-bond donors (Lipinski definition) is 2. The smallest absolute Gasteiger partial charge is 0.247 e. The summed E-state index contributed by atoms with van der Waals surface area (Å²) in [5, 5.41) is 10.1. The minimum Gasteiger partial charge on any atom is -0.391 e. The first-order chi connectivity index (χ1) is 9.44. The normalized spacial score (nSPS) is 25.8. The molecule has 3 unspecified atom stereocenters. The van der Waals surface area contributed by atoms with Crippen molar-refractivity contribution in [2.75, 3.05) is 7.05 Å². The van der Waals surface area contributed by atoms with E-state index in [-0.39, 0.29) is 11.9 Å². The molecule has 1 saturated carbocycles. The van der Waals surface area contributed by atoms with Crippen LogP contribution in [0.3, 0.4) is 0 Å². The molecule has 0 radical (unpaired) electrons. The van der Waals surface area contributed by atoms with Crippen molar-refractivity contribution in [1.29, 1.82) is 0 Å². The van der Waals surface area contributed by atoms with Crippen molar-refractivity contribution in [1.82, 2.24) is 4.90 Å². The molecule has 3 atom stereocenters. The number of aliphatic hydroxyl groups excluding tert-OH is 1. The summed E-state index contributed by atoms with van der Waals surface area (Å²) >= 11 is 0. The quantitative estimate of drug-likeness (QED) is 0.881. The number of hydrogen-bond acceptors (Lipinski definition) is 3. The number of carbonyl (C=O) groups excluding carboxylic acids is 1. The molecule has 1 aliphatic carbocycles. The van der Waals surface area contributed by atoms with Gasteiger partial charge in [0.1, 0.15) is 5.54 Å². The summed E-state index contributed by atoms with van der Waals surface area (Å²) in [4.78, 5) is 14.3. The van der Waals surface area contributed by atoms with Crippen LogP contribution >= 0.6 is 0 Å². The summed E-state index contributed by atoms with van der Waals surface area (Å²) < 4.78 is 0. The second-order valence-corrected chi connectivity index (χ2v) is 5.90. The van der Waals surface area contributed by atoms with Gasteiger partial charge in [-0.25, -0.2) is 0 Å². The first-order valence-electron chi connectivity index (χ1n) is 7.24. The van der Waals surface area contributed by atoms with E-state index in [0.717, 1.165) is 31.2 Å². The highest BCUT2D eigenvalue weighted by atomic mass is 16.3. The summed E-state index contributed by atoms with van der Waals surface area (Å²) in [6.07, 6.45) is 3.23.